The molecule has 3 N–H and O–H groups in total. The summed E-state index contributed by atoms with van der Waals surface area (Å²) < 4.78 is 5.37. The van der Waals surface area contributed by atoms with Crippen molar-refractivity contribution in [3.05, 3.63) is 33.9 Å². The second kappa shape index (κ2) is 5.66. The zero-order chi connectivity index (χ0) is 14.6. The normalized spacial score (nSPS) is 13.6. The number of aliphatic carboxylic acids is 1. The Kier molecular flexibility index (Phi) is 4.44. The Morgan fingerprint density at radius 2 is 2.21 bits per heavy atom. The summed E-state index contributed by atoms with van der Waals surface area (Å²) in [5.41, 5.74) is 4.54. The fraction of sp³-hybridized carbons (Fsp3) is 0.417. The minimum absolute atomic E-state index is 0.0359. The molecular weight excluding hydrogens is 252 g/mol. The molecule has 0 heterocycles. The zero-order valence-electron chi connectivity index (χ0n) is 10.8. The van der Waals surface area contributed by atoms with Crippen molar-refractivity contribution in [1.29, 1.82) is 0 Å². The van der Waals surface area contributed by atoms with E-state index in [0.29, 0.717) is 11.3 Å². The first kappa shape index (κ1) is 14.9. The van der Waals surface area contributed by atoms with Crippen LogP contribution in [0.5, 0.6) is 5.75 Å². The Hall–Kier alpha value is -2.15. The summed E-state index contributed by atoms with van der Waals surface area (Å²) in [4.78, 5) is 21.1. The first-order chi connectivity index (χ1) is 8.75. The van der Waals surface area contributed by atoms with E-state index < -0.39 is 16.4 Å². The maximum atomic E-state index is 10.8. The quantitative estimate of drug-likeness (QED) is 0.596. The van der Waals surface area contributed by atoms with Gasteiger partial charge >= 0.3 is 5.97 Å². The molecule has 0 aliphatic rings. The van der Waals surface area contributed by atoms with E-state index in [1.54, 1.807) is 13.0 Å². The van der Waals surface area contributed by atoms with Gasteiger partial charge < -0.3 is 15.6 Å². The number of rotatable bonds is 6. The van der Waals surface area contributed by atoms with Crippen LogP contribution in [0.25, 0.3) is 0 Å². The van der Waals surface area contributed by atoms with Gasteiger partial charge in [0.15, 0.2) is 0 Å². The summed E-state index contributed by atoms with van der Waals surface area (Å²) in [6, 6.07) is 4.49. The van der Waals surface area contributed by atoms with Crippen molar-refractivity contribution in [2.75, 3.05) is 6.61 Å². The van der Waals surface area contributed by atoms with Gasteiger partial charge in [-0.05, 0) is 19.9 Å². The molecule has 1 aromatic carbocycles. The Morgan fingerprint density at radius 1 is 1.58 bits per heavy atom. The maximum Gasteiger partial charge on any atom is 0.323 e. The van der Waals surface area contributed by atoms with Crippen molar-refractivity contribution in [2.24, 2.45) is 5.73 Å². The molecule has 104 valence electrons. The number of hydrogen-bond donors (Lipinski definition) is 2. The van der Waals surface area contributed by atoms with Crippen molar-refractivity contribution >= 4 is 11.7 Å². The fourth-order valence-electron chi connectivity index (χ4n) is 1.44. The molecule has 0 spiro atoms. The van der Waals surface area contributed by atoms with Gasteiger partial charge in [-0.1, -0.05) is 6.07 Å². The number of carboxylic acids is 1. The Labute approximate surface area is 110 Å². The van der Waals surface area contributed by atoms with Gasteiger partial charge in [0.05, 0.1) is 17.1 Å². The third-order valence-corrected chi connectivity index (χ3v) is 2.82. The molecule has 0 aromatic heterocycles. The summed E-state index contributed by atoms with van der Waals surface area (Å²) in [5, 5.41) is 19.6. The molecule has 1 unspecified atom stereocenters. The van der Waals surface area contributed by atoms with Crippen molar-refractivity contribution in [2.45, 2.75) is 25.8 Å². The van der Waals surface area contributed by atoms with Gasteiger partial charge in [0.1, 0.15) is 11.3 Å². The second-order valence-electron chi connectivity index (χ2n) is 4.48. The van der Waals surface area contributed by atoms with E-state index in [2.05, 4.69) is 0 Å². The average molecular weight is 268 g/mol. The SMILES string of the molecule is Cc1c(OCCC(C)(N)C(=O)O)cccc1[N+](=O)[O-]. The zero-order valence-corrected chi connectivity index (χ0v) is 10.8. The van der Waals surface area contributed by atoms with Crippen LogP contribution in [0, 0.1) is 17.0 Å². The van der Waals surface area contributed by atoms with Gasteiger partial charge in [0.2, 0.25) is 0 Å². The molecule has 7 heteroatoms. The minimum atomic E-state index is -1.38. The molecule has 0 bridgehead atoms. The van der Waals surface area contributed by atoms with Crippen LogP contribution < -0.4 is 10.5 Å². The molecular formula is C12H16N2O5. The molecule has 0 aliphatic carbocycles. The highest BCUT2D eigenvalue weighted by Crippen LogP contribution is 2.27. The third-order valence-electron chi connectivity index (χ3n) is 2.82. The smallest absolute Gasteiger partial charge is 0.323 e. The monoisotopic (exact) mass is 268 g/mol. The second-order valence-corrected chi connectivity index (χ2v) is 4.48. The Bertz CT molecular complexity index is 499. The first-order valence-corrected chi connectivity index (χ1v) is 5.65. The molecule has 0 radical (unpaired) electrons. The van der Waals surface area contributed by atoms with Gasteiger partial charge in [-0.3, -0.25) is 14.9 Å². The molecule has 7 nitrogen and oxygen atoms in total. The molecule has 1 aromatic rings. The molecule has 0 saturated carbocycles. The van der Waals surface area contributed by atoms with E-state index >= 15 is 0 Å². The fourth-order valence-corrected chi connectivity index (χ4v) is 1.44. The predicted octanol–water partition coefficient (Wildman–Crippen LogP) is 1.47. The lowest BCUT2D eigenvalue weighted by Crippen LogP contribution is -2.45. The van der Waals surface area contributed by atoms with Crippen LogP contribution in [0.1, 0.15) is 18.9 Å². The van der Waals surface area contributed by atoms with E-state index in [1.165, 1.54) is 19.1 Å². The largest absolute Gasteiger partial charge is 0.493 e. The van der Waals surface area contributed by atoms with Gasteiger partial charge in [-0.2, -0.15) is 0 Å². The highest BCUT2D eigenvalue weighted by molar-refractivity contribution is 5.77. The number of carboxylic acid groups (broad SMARTS) is 1. The number of carbonyl (C=O) groups is 1. The van der Waals surface area contributed by atoms with Crippen LogP contribution in [0.3, 0.4) is 0 Å². The summed E-state index contributed by atoms with van der Waals surface area (Å²) in [5.74, 6) is -0.762. The van der Waals surface area contributed by atoms with E-state index in [1.807, 2.05) is 0 Å². The Morgan fingerprint density at radius 3 is 2.74 bits per heavy atom. The predicted molar refractivity (Wildman–Crippen MR) is 68.2 cm³/mol. The number of nitrogens with zero attached hydrogens (tertiary/aromatic N) is 1. The van der Waals surface area contributed by atoms with Crippen LogP contribution >= 0.6 is 0 Å². The standard InChI is InChI=1S/C12H16N2O5/c1-8-9(14(17)18)4-3-5-10(8)19-7-6-12(2,13)11(15)16/h3-5H,6-7,13H2,1-2H3,(H,15,16). The third kappa shape index (κ3) is 3.65. The van der Waals surface area contributed by atoms with Crippen molar-refractivity contribution in [3.8, 4) is 5.75 Å². The van der Waals surface area contributed by atoms with Crippen LogP contribution in [-0.4, -0.2) is 28.1 Å². The van der Waals surface area contributed by atoms with E-state index in [-0.39, 0.29) is 18.7 Å². The number of ether oxygens (including phenoxy) is 1. The van der Waals surface area contributed by atoms with Crippen LogP contribution in [0.2, 0.25) is 0 Å². The lowest BCUT2D eigenvalue weighted by atomic mass is 10.0. The summed E-state index contributed by atoms with van der Waals surface area (Å²) in [6.07, 6.45) is 0.102. The number of nitro benzene ring substituents is 1. The van der Waals surface area contributed by atoms with Gasteiger partial charge in [-0.15, -0.1) is 0 Å². The molecule has 0 fully saturated rings. The molecule has 0 aliphatic heterocycles. The van der Waals surface area contributed by atoms with Gasteiger partial charge in [-0.25, -0.2) is 0 Å². The Balaban J connectivity index is 2.72. The topological polar surface area (TPSA) is 116 Å². The van der Waals surface area contributed by atoms with Crippen LogP contribution in [0.4, 0.5) is 5.69 Å². The molecule has 1 rings (SSSR count). The minimum Gasteiger partial charge on any atom is -0.493 e. The van der Waals surface area contributed by atoms with Crippen LogP contribution in [0.15, 0.2) is 18.2 Å². The van der Waals surface area contributed by atoms with Crippen molar-refractivity contribution in [1.82, 2.24) is 0 Å². The van der Waals surface area contributed by atoms with Gasteiger partial charge in [0, 0.05) is 12.5 Å². The van der Waals surface area contributed by atoms with E-state index in [4.69, 9.17) is 15.6 Å². The highest BCUT2D eigenvalue weighted by atomic mass is 16.6. The number of benzene rings is 1. The van der Waals surface area contributed by atoms with Crippen molar-refractivity contribution in [3.63, 3.8) is 0 Å². The summed E-state index contributed by atoms with van der Waals surface area (Å²) in [6.45, 7) is 3.03. The summed E-state index contributed by atoms with van der Waals surface area (Å²) in [7, 11) is 0. The molecule has 0 amide bonds. The number of nitrogens with two attached hydrogens (primary N) is 1. The highest BCUT2D eigenvalue weighted by Gasteiger charge is 2.27. The average Bonchev–Trinajstić information content (AvgIpc) is 2.30. The molecule has 1 atom stereocenters. The van der Waals surface area contributed by atoms with Crippen molar-refractivity contribution < 1.29 is 19.6 Å². The van der Waals surface area contributed by atoms with E-state index in [0.717, 1.165) is 0 Å². The lowest BCUT2D eigenvalue weighted by molar-refractivity contribution is -0.385. The van der Waals surface area contributed by atoms with Gasteiger partial charge in [0.25, 0.3) is 5.69 Å². The molecule has 19 heavy (non-hydrogen) atoms. The van der Waals surface area contributed by atoms with E-state index in [9.17, 15) is 14.9 Å². The summed E-state index contributed by atoms with van der Waals surface area (Å²) >= 11 is 0. The maximum absolute atomic E-state index is 10.8. The van der Waals surface area contributed by atoms with Crippen LogP contribution in [-0.2, 0) is 4.79 Å². The number of nitro groups is 1. The first-order valence-electron chi connectivity index (χ1n) is 5.65. The lowest BCUT2D eigenvalue weighted by Gasteiger charge is -2.19. The number of hydrogen-bond acceptors (Lipinski definition) is 5. The molecule has 0 saturated heterocycles.